The molecule has 2 rings (SSSR count). The molecule has 0 aliphatic carbocycles. The molecule has 4 nitrogen and oxygen atoms in total. The van der Waals surface area contributed by atoms with Crippen LogP contribution in [0, 0.1) is 18.3 Å². The summed E-state index contributed by atoms with van der Waals surface area (Å²) in [5.41, 5.74) is 0. The lowest BCUT2D eigenvalue weighted by molar-refractivity contribution is -0.127. The van der Waals surface area contributed by atoms with Crippen LogP contribution >= 0.6 is 0 Å². The number of piperidine rings is 2. The van der Waals surface area contributed by atoms with E-state index in [1.165, 1.54) is 13.0 Å². The molecule has 1 atom stereocenters. The Balaban J connectivity index is 1.74. The van der Waals surface area contributed by atoms with Crippen molar-refractivity contribution >= 4 is 5.91 Å². The van der Waals surface area contributed by atoms with Crippen molar-refractivity contribution in [3.05, 3.63) is 0 Å². The number of likely N-dealkylation sites (tertiary alicyclic amines) is 2. The summed E-state index contributed by atoms with van der Waals surface area (Å²) in [4.78, 5) is 17.0. The summed E-state index contributed by atoms with van der Waals surface area (Å²) in [6, 6.07) is 0.347. The van der Waals surface area contributed by atoms with E-state index in [2.05, 4.69) is 28.0 Å². The molecule has 2 fully saturated rings. The number of amides is 1. The molecule has 0 saturated carbocycles. The monoisotopic (exact) mass is 277 g/mol. The van der Waals surface area contributed by atoms with Gasteiger partial charge in [-0.15, -0.1) is 6.42 Å². The van der Waals surface area contributed by atoms with E-state index in [0.717, 1.165) is 45.4 Å². The first-order valence-electron chi connectivity index (χ1n) is 7.91. The fourth-order valence-corrected chi connectivity index (χ4v) is 3.26. The third kappa shape index (κ3) is 4.22. The quantitative estimate of drug-likeness (QED) is 0.777. The van der Waals surface area contributed by atoms with Gasteiger partial charge in [-0.1, -0.05) is 12.8 Å². The zero-order chi connectivity index (χ0) is 14.4. The SMILES string of the molecule is C#CCN1CCC(C(=O)N[C@@H]2CCCN(CC)C2)CC1. The predicted molar refractivity (Wildman–Crippen MR) is 81.3 cm³/mol. The molecule has 0 radical (unpaired) electrons. The summed E-state index contributed by atoms with van der Waals surface area (Å²) in [6.45, 7) is 8.07. The van der Waals surface area contributed by atoms with Gasteiger partial charge in [0.15, 0.2) is 0 Å². The van der Waals surface area contributed by atoms with E-state index in [1.807, 2.05) is 0 Å². The maximum atomic E-state index is 12.3. The Hall–Kier alpha value is -1.05. The van der Waals surface area contributed by atoms with Crippen LogP contribution in [0.5, 0.6) is 0 Å². The average molecular weight is 277 g/mol. The van der Waals surface area contributed by atoms with Gasteiger partial charge in [-0.25, -0.2) is 0 Å². The Labute approximate surface area is 122 Å². The van der Waals surface area contributed by atoms with Gasteiger partial charge in [-0.2, -0.15) is 0 Å². The summed E-state index contributed by atoms with van der Waals surface area (Å²) in [5, 5.41) is 3.26. The fourth-order valence-electron chi connectivity index (χ4n) is 3.26. The van der Waals surface area contributed by atoms with Crippen LogP contribution in [0.15, 0.2) is 0 Å². The molecule has 1 amide bonds. The van der Waals surface area contributed by atoms with Gasteiger partial charge in [-0.3, -0.25) is 9.69 Å². The number of hydrogen-bond donors (Lipinski definition) is 1. The molecule has 0 aromatic heterocycles. The molecule has 0 aromatic carbocycles. The van der Waals surface area contributed by atoms with E-state index in [-0.39, 0.29) is 11.8 Å². The number of nitrogens with zero attached hydrogens (tertiary/aromatic N) is 2. The van der Waals surface area contributed by atoms with Crippen LogP contribution < -0.4 is 5.32 Å². The molecule has 0 bridgehead atoms. The molecule has 20 heavy (non-hydrogen) atoms. The maximum absolute atomic E-state index is 12.3. The van der Waals surface area contributed by atoms with Crippen molar-refractivity contribution in [3.63, 3.8) is 0 Å². The number of terminal acetylenes is 1. The van der Waals surface area contributed by atoms with E-state index in [0.29, 0.717) is 12.6 Å². The van der Waals surface area contributed by atoms with Crippen molar-refractivity contribution < 1.29 is 4.79 Å². The molecular weight excluding hydrogens is 250 g/mol. The second kappa shape index (κ2) is 7.66. The maximum Gasteiger partial charge on any atom is 0.223 e. The zero-order valence-corrected chi connectivity index (χ0v) is 12.6. The first-order chi connectivity index (χ1) is 9.72. The number of carbonyl (C=O) groups is 1. The van der Waals surface area contributed by atoms with Crippen molar-refractivity contribution in [2.75, 3.05) is 39.3 Å². The molecule has 2 aliphatic rings. The van der Waals surface area contributed by atoms with Crippen molar-refractivity contribution in [2.24, 2.45) is 5.92 Å². The number of rotatable bonds is 4. The summed E-state index contributed by atoms with van der Waals surface area (Å²) >= 11 is 0. The topological polar surface area (TPSA) is 35.6 Å². The van der Waals surface area contributed by atoms with Crippen LogP contribution in [0.3, 0.4) is 0 Å². The number of hydrogen-bond acceptors (Lipinski definition) is 3. The van der Waals surface area contributed by atoms with Gasteiger partial charge in [0.25, 0.3) is 0 Å². The predicted octanol–water partition coefficient (Wildman–Crippen LogP) is 0.932. The lowest BCUT2D eigenvalue weighted by atomic mass is 9.95. The Bertz CT molecular complexity index is 355. The van der Waals surface area contributed by atoms with E-state index >= 15 is 0 Å². The van der Waals surface area contributed by atoms with Crippen LogP contribution in [0.1, 0.15) is 32.6 Å². The molecule has 4 heteroatoms. The molecule has 1 N–H and O–H groups in total. The molecule has 2 aliphatic heterocycles. The van der Waals surface area contributed by atoms with Gasteiger partial charge in [0.2, 0.25) is 5.91 Å². The summed E-state index contributed by atoms with van der Waals surface area (Å²) < 4.78 is 0. The molecule has 2 saturated heterocycles. The fraction of sp³-hybridized carbons (Fsp3) is 0.812. The second-order valence-electron chi connectivity index (χ2n) is 6.00. The normalized spacial score (nSPS) is 26.1. The van der Waals surface area contributed by atoms with Crippen molar-refractivity contribution in [3.8, 4) is 12.3 Å². The van der Waals surface area contributed by atoms with Gasteiger partial charge < -0.3 is 10.2 Å². The van der Waals surface area contributed by atoms with Crippen LogP contribution in [0.2, 0.25) is 0 Å². The lowest BCUT2D eigenvalue weighted by Gasteiger charge is -2.34. The Morgan fingerprint density at radius 2 is 2.00 bits per heavy atom. The third-order valence-electron chi connectivity index (χ3n) is 4.57. The van der Waals surface area contributed by atoms with Crippen LogP contribution in [-0.2, 0) is 4.79 Å². The molecule has 2 heterocycles. The standard InChI is InChI=1S/C16H27N3O/c1-3-9-19-11-7-14(8-12-19)16(20)17-15-6-5-10-18(4-2)13-15/h1,14-15H,4-13H2,2H3,(H,17,20)/t15-/m1/s1. The average Bonchev–Trinajstić information content (AvgIpc) is 2.48. The highest BCUT2D eigenvalue weighted by molar-refractivity contribution is 5.79. The van der Waals surface area contributed by atoms with Crippen molar-refractivity contribution in [1.82, 2.24) is 15.1 Å². The van der Waals surface area contributed by atoms with Crippen molar-refractivity contribution in [2.45, 2.75) is 38.6 Å². The highest BCUT2D eigenvalue weighted by atomic mass is 16.2. The van der Waals surface area contributed by atoms with Gasteiger partial charge in [0.1, 0.15) is 0 Å². The lowest BCUT2D eigenvalue weighted by Crippen LogP contribution is -2.50. The number of likely N-dealkylation sites (N-methyl/N-ethyl adjacent to an activating group) is 1. The highest BCUT2D eigenvalue weighted by Crippen LogP contribution is 2.18. The van der Waals surface area contributed by atoms with E-state index in [9.17, 15) is 4.79 Å². The smallest absolute Gasteiger partial charge is 0.223 e. The van der Waals surface area contributed by atoms with Crippen LogP contribution in [0.25, 0.3) is 0 Å². The Morgan fingerprint density at radius 1 is 1.25 bits per heavy atom. The van der Waals surface area contributed by atoms with E-state index in [1.54, 1.807) is 0 Å². The van der Waals surface area contributed by atoms with Gasteiger partial charge in [0, 0.05) is 18.5 Å². The Kier molecular flexibility index (Phi) is 5.87. The van der Waals surface area contributed by atoms with Gasteiger partial charge in [0.05, 0.1) is 6.54 Å². The number of nitrogens with one attached hydrogen (secondary N) is 1. The Morgan fingerprint density at radius 3 is 2.65 bits per heavy atom. The summed E-state index contributed by atoms with van der Waals surface area (Å²) in [5.74, 6) is 3.12. The summed E-state index contributed by atoms with van der Waals surface area (Å²) in [6.07, 6.45) is 9.53. The minimum absolute atomic E-state index is 0.182. The van der Waals surface area contributed by atoms with Gasteiger partial charge in [-0.05, 0) is 51.9 Å². The minimum atomic E-state index is 0.182. The van der Waals surface area contributed by atoms with E-state index < -0.39 is 0 Å². The molecule has 0 spiro atoms. The summed E-state index contributed by atoms with van der Waals surface area (Å²) in [7, 11) is 0. The third-order valence-corrected chi connectivity index (χ3v) is 4.57. The molecular formula is C16H27N3O. The van der Waals surface area contributed by atoms with Crippen LogP contribution in [0.4, 0.5) is 0 Å². The molecule has 0 aromatic rings. The zero-order valence-electron chi connectivity index (χ0n) is 12.6. The van der Waals surface area contributed by atoms with Crippen molar-refractivity contribution in [1.29, 1.82) is 0 Å². The first-order valence-corrected chi connectivity index (χ1v) is 7.91. The molecule has 112 valence electrons. The number of carbonyl (C=O) groups excluding carboxylic acids is 1. The largest absolute Gasteiger partial charge is 0.352 e. The van der Waals surface area contributed by atoms with E-state index in [4.69, 9.17) is 6.42 Å². The second-order valence-corrected chi connectivity index (χ2v) is 6.00. The first kappa shape index (κ1) is 15.3. The van der Waals surface area contributed by atoms with Crippen LogP contribution in [-0.4, -0.2) is 61.0 Å². The molecule has 0 unspecified atom stereocenters. The van der Waals surface area contributed by atoms with Gasteiger partial charge >= 0.3 is 0 Å². The highest BCUT2D eigenvalue weighted by Gasteiger charge is 2.27. The minimum Gasteiger partial charge on any atom is -0.352 e.